The standard InChI is InChI=1S/C10H6BrNO2/c11-8-5-7-3-1-2-4-9(7)10(6-8)12(13)14/h1-6H. The molecule has 0 aliphatic rings. The highest BCUT2D eigenvalue weighted by molar-refractivity contribution is 9.10. The van der Waals surface area contributed by atoms with Crippen molar-refractivity contribution in [3.8, 4) is 0 Å². The SMILES string of the molecule is O=[N+]([O-])c1cc(Br)cc2ccccc12. The third kappa shape index (κ3) is 1.48. The van der Waals surface area contributed by atoms with Gasteiger partial charge in [-0.15, -0.1) is 0 Å². The number of hydrogen-bond acceptors (Lipinski definition) is 2. The zero-order chi connectivity index (χ0) is 10.1. The van der Waals surface area contributed by atoms with Crippen molar-refractivity contribution in [1.82, 2.24) is 0 Å². The van der Waals surface area contributed by atoms with Crippen LogP contribution in [0.3, 0.4) is 0 Å². The van der Waals surface area contributed by atoms with Crippen LogP contribution in [-0.4, -0.2) is 4.92 Å². The molecule has 0 spiro atoms. The van der Waals surface area contributed by atoms with Gasteiger partial charge in [0.1, 0.15) is 0 Å². The van der Waals surface area contributed by atoms with Crippen molar-refractivity contribution < 1.29 is 4.92 Å². The average Bonchev–Trinajstić information content (AvgIpc) is 2.16. The highest BCUT2D eigenvalue weighted by Gasteiger charge is 2.11. The van der Waals surface area contributed by atoms with E-state index < -0.39 is 0 Å². The Morgan fingerprint density at radius 2 is 1.93 bits per heavy atom. The topological polar surface area (TPSA) is 43.1 Å². The van der Waals surface area contributed by atoms with E-state index in [0.717, 1.165) is 9.86 Å². The van der Waals surface area contributed by atoms with Crippen molar-refractivity contribution in [2.24, 2.45) is 0 Å². The van der Waals surface area contributed by atoms with E-state index in [9.17, 15) is 10.1 Å². The molecule has 0 saturated carbocycles. The fourth-order valence-corrected chi connectivity index (χ4v) is 1.87. The van der Waals surface area contributed by atoms with Gasteiger partial charge in [0.2, 0.25) is 0 Å². The summed E-state index contributed by atoms with van der Waals surface area (Å²) < 4.78 is 0.725. The molecule has 0 bridgehead atoms. The van der Waals surface area contributed by atoms with E-state index in [-0.39, 0.29) is 10.6 Å². The lowest BCUT2D eigenvalue weighted by atomic mass is 10.1. The first kappa shape index (κ1) is 9.15. The van der Waals surface area contributed by atoms with E-state index in [4.69, 9.17) is 0 Å². The number of hydrogen-bond donors (Lipinski definition) is 0. The van der Waals surface area contributed by atoms with E-state index in [0.29, 0.717) is 5.39 Å². The quantitative estimate of drug-likeness (QED) is 0.575. The molecule has 3 nitrogen and oxygen atoms in total. The molecule has 0 saturated heterocycles. The van der Waals surface area contributed by atoms with Crippen LogP contribution < -0.4 is 0 Å². The van der Waals surface area contributed by atoms with Crippen molar-refractivity contribution in [3.05, 3.63) is 51.0 Å². The zero-order valence-corrected chi connectivity index (χ0v) is 8.69. The number of rotatable bonds is 1. The van der Waals surface area contributed by atoms with Gasteiger partial charge in [0.15, 0.2) is 0 Å². The molecule has 70 valence electrons. The molecule has 4 heteroatoms. The number of fused-ring (bicyclic) bond motifs is 1. The second-order valence-corrected chi connectivity index (χ2v) is 3.82. The van der Waals surface area contributed by atoms with E-state index in [1.54, 1.807) is 12.1 Å². The first-order chi connectivity index (χ1) is 6.68. The Morgan fingerprint density at radius 3 is 2.64 bits per heavy atom. The molecule has 14 heavy (non-hydrogen) atoms. The molecule has 0 unspecified atom stereocenters. The normalized spacial score (nSPS) is 10.4. The molecule has 2 aromatic rings. The Bertz CT molecular complexity index is 510. The van der Waals surface area contributed by atoms with Crippen molar-refractivity contribution in [1.29, 1.82) is 0 Å². The first-order valence-corrected chi connectivity index (χ1v) is 4.80. The summed E-state index contributed by atoms with van der Waals surface area (Å²) in [6, 6.07) is 10.6. The van der Waals surface area contributed by atoms with Gasteiger partial charge in [0.05, 0.1) is 10.3 Å². The van der Waals surface area contributed by atoms with Gasteiger partial charge >= 0.3 is 0 Å². The fourth-order valence-electron chi connectivity index (χ4n) is 1.41. The summed E-state index contributed by atoms with van der Waals surface area (Å²) in [4.78, 5) is 10.4. The molecule has 0 amide bonds. The highest BCUT2D eigenvalue weighted by atomic mass is 79.9. The minimum atomic E-state index is -0.368. The number of nitro groups is 1. The maximum atomic E-state index is 10.8. The van der Waals surface area contributed by atoms with Gasteiger partial charge < -0.3 is 0 Å². The van der Waals surface area contributed by atoms with Gasteiger partial charge in [-0.25, -0.2) is 0 Å². The zero-order valence-electron chi connectivity index (χ0n) is 7.11. The molecule has 2 aromatic carbocycles. The predicted octanol–water partition coefficient (Wildman–Crippen LogP) is 3.51. The third-order valence-corrected chi connectivity index (χ3v) is 2.46. The molecule has 0 radical (unpaired) electrons. The molecule has 0 fully saturated rings. The highest BCUT2D eigenvalue weighted by Crippen LogP contribution is 2.29. The lowest BCUT2D eigenvalue weighted by molar-refractivity contribution is -0.383. The van der Waals surface area contributed by atoms with Crippen molar-refractivity contribution in [3.63, 3.8) is 0 Å². The predicted molar refractivity (Wildman–Crippen MR) is 58.3 cm³/mol. The molecular formula is C10H6BrNO2. The number of nitro benzene ring substituents is 1. The van der Waals surface area contributed by atoms with Gasteiger partial charge in [-0.3, -0.25) is 10.1 Å². The molecule has 0 N–H and O–H groups in total. The van der Waals surface area contributed by atoms with Crippen LogP contribution in [0.5, 0.6) is 0 Å². The minimum Gasteiger partial charge on any atom is -0.258 e. The molecule has 0 heterocycles. The summed E-state index contributed by atoms with van der Waals surface area (Å²) >= 11 is 3.25. The number of benzene rings is 2. The van der Waals surface area contributed by atoms with Crippen LogP contribution in [0.15, 0.2) is 40.9 Å². The smallest absolute Gasteiger partial charge is 0.258 e. The molecular weight excluding hydrogens is 246 g/mol. The Labute approximate surface area is 88.6 Å². The Morgan fingerprint density at radius 1 is 1.21 bits per heavy atom. The first-order valence-electron chi connectivity index (χ1n) is 4.01. The number of nitrogens with zero attached hydrogens (tertiary/aromatic N) is 1. The van der Waals surface area contributed by atoms with Gasteiger partial charge in [0.25, 0.3) is 5.69 Å². The summed E-state index contributed by atoms with van der Waals surface area (Å²) in [6.07, 6.45) is 0. The lowest BCUT2D eigenvalue weighted by Crippen LogP contribution is -1.89. The average molecular weight is 252 g/mol. The van der Waals surface area contributed by atoms with Gasteiger partial charge in [-0.2, -0.15) is 0 Å². The summed E-state index contributed by atoms with van der Waals surface area (Å²) in [5.41, 5.74) is 0.134. The molecule has 0 atom stereocenters. The summed E-state index contributed by atoms with van der Waals surface area (Å²) in [6.45, 7) is 0. The van der Waals surface area contributed by atoms with Crippen LogP contribution in [0, 0.1) is 10.1 Å². The van der Waals surface area contributed by atoms with Crippen molar-refractivity contribution in [2.75, 3.05) is 0 Å². The van der Waals surface area contributed by atoms with Crippen LogP contribution in [0.2, 0.25) is 0 Å². The van der Waals surface area contributed by atoms with E-state index >= 15 is 0 Å². The number of halogens is 1. The largest absolute Gasteiger partial charge is 0.278 e. The maximum absolute atomic E-state index is 10.8. The summed E-state index contributed by atoms with van der Waals surface area (Å²) in [5, 5.41) is 12.3. The fraction of sp³-hybridized carbons (Fsp3) is 0. The Kier molecular flexibility index (Phi) is 2.21. The molecule has 0 aliphatic heterocycles. The second-order valence-electron chi connectivity index (χ2n) is 2.90. The summed E-state index contributed by atoms with van der Waals surface area (Å²) in [7, 11) is 0. The molecule has 0 aromatic heterocycles. The Hall–Kier alpha value is -1.42. The van der Waals surface area contributed by atoms with Gasteiger partial charge in [-0.1, -0.05) is 34.1 Å². The van der Waals surface area contributed by atoms with Crippen LogP contribution in [0.25, 0.3) is 10.8 Å². The van der Waals surface area contributed by atoms with Crippen molar-refractivity contribution in [2.45, 2.75) is 0 Å². The van der Waals surface area contributed by atoms with Crippen LogP contribution in [0.4, 0.5) is 5.69 Å². The van der Waals surface area contributed by atoms with E-state index in [1.807, 2.05) is 18.2 Å². The monoisotopic (exact) mass is 251 g/mol. The van der Waals surface area contributed by atoms with Crippen LogP contribution >= 0.6 is 15.9 Å². The minimum absolute atomic E-state index is 0.134. The van der Waals surface area contributed by atoms with Crippen molar-refractivity contribution >= 4 is 32.4 Å². The lowest BCUT2D eigenvalue weighted by Gasteiger charge is -1.99. The summed E-state index contributed by atoms with van der Waals surface area (Å²) in [5.74, 6) is 0. The second kappa shape index (κ2) is 3.38. The van der Waals surface area contributed by atoms with E-state index in [2.05, 4.69) is 15.9 Å². The molecule has 0 aliphatic carbocycles. The van der Waals surface area contributed by atoms with Crippen LogP contribution in [-0.2, 0) is 0 Å². The maximum Gasteiger partial charge on any atom is 0.278 e. The molecule has 2 rings (SSSR count). The van der Waals surface area contributed by atoms with Crippen LogP contribution in [0.1, 0.15) is 0 Å². The van der Waals surface area contributed by atoms with Gasteiger partial charge in [-0.05, 0) is 17.5 Å². The van der Waals surface area contributed by atoms with Gasteiger partial charge in [0, 0.05) is 10.5 Å². The Balaban J connectivity index is 2.87. The number of non-ortho nitro benzene ring substituents is 1. The van der Waals surface area contributed by atoms with E-state index in [1.165, 1.54) is 6.07 Å². The third-order valence-electron chi connectivity index (χ3n) is 2.00.